The highest BCUT2D eigenvalue weighted by Gasteiger charge is 2.35. The minimum Gasteiger partial charge on any atom is -0.460 e. The number of hydrogen-bond acceptors (Lipinski definition) is 13. The van der Waals surface area contributed by atoms with E-state index in [0.29, 0.717) is 17.1 Å². The number of nitrogens with zero attached hydrogens (tertiary/aromatic N) is 2. The first kappa shape index (κ1) is 45.8. The Balaban J connectivity index is 2.06. The first-order chi connectivity index (χ1) is 25.4. The molecule has 0 aliphatic heterocycles. The Kier molecular flexibility index (Phi) is 17.0. The van der Waals surface area contributed by atoms with E-state index < -0.39 is 52.9 Å². The summed E-state index contributed by atoms with van der Waals surface area (Å²) in [6.45, 7) is 18.0. The van der Waals surface area contributed by atoms with E-state index in [1.54, 1.807) is 93.5 Å². The monoisotopic (exact) mass is 769 g/mol. The number of aliphatic imine (C=N–C) groups is 1. The number of benzene rings is 2. The molecule has 1 atom stereocenters. The Morgan fingerprint density at radius 2 is 1.33 bits per heavy atom. The number of ketones is 1. The zero-order valence-corrected chi connectivity index (χ0v) is 33.7. The highest BCUT2D eigenvalue weighted by molar-refractivity contribution is 5.95. The van der Waals surface area contributed by atoms with E-state index >= 15 is 0 Å². The Morgan fingerprint density at radius 1 is 0.745 bits per heavy atom. The van der Waals surface area contributed by atoms with Crippen molar-refractivity contribution in [3.8, 4) is 5.75 Å². The Labute approximate surface area is 323 Å². The molecule has 0 radical (unpaired) electrons. The van der Waals surface area contributed by atoms with Gasteiger partial charge in [0.05, 0.1) is 30.9 Å². The van der Waals surface area contributed by atoms with E-state index in [-0.39, 0.29) is 56.3 Å². The molecule has 0 fully saturated rings. The molecule has 2 aromatic carbocycles. The van der Waals surface area contributed by atoms with Gasteiger partial charge in [-0.2, -0.15) is 0 Å². The molecule has 15 nitrogen and oxygen atoms in total. The summed E-state index contributed by atoms with van der Waals surface area (Å²) in [5.41, 5.74) is -0.904. The second-order valence-electron chi connectivity index (χ2n) is 15.6. The minimum absolute atomic E-state index is 0.00713. The molecule has 0 aliphatic rings. The molecule has 0 saturated heterocycles. The van der Waals surface area contributed by atoms with Gasteiger partial charge in [0.1, 0.15) is 46.8 Å². The number of hydrogen-bond donors (Lipinski definition) is 1. The summed E-state index contributed by atoms with van der Waals surface area (Å²) in [7, 11) is 0. The van der Waals surface area contributed by atoms with E-state index in [9.17, 15) is 28.8 Å². The number of rotatable bonds is 15. The number of carbonyl (C=O) groups excluding carboxylic acids is 6. The van der Waals surface area contributed by atoms with Crippen LogP contribution in [-0.4, -0.2) is 89.2 Å². The number of carbonyl (C=O) groups is 6. The fraction of sp³-hybridized carbons (Fsp3) is 0.525. The fourth-order valence-corrected chi connectivity index (χ4v) is 4.54. The number of amides is 2. The van der Waals surface area contributed by atoms with Crippen molar-refractivity contribution in [2.45, 2.75) is 118 Å². The molecule has 0 spiro atoms. The smallest absolute Gasteiger partial charge is 0.413 e. The van der Waals surface area contributed by atoms with Gasteiger partial charge in [0.25, 0.3) is 0 Å². The van der Waals surface area contributed by atoms with Crippen molar-refractivity contribution in [2.75, 3.05) is 19.8 Å². The van der Waals surface area contributed by atoms with Crippen LogP contribution in [0.15, 0.2) is 53.5 Å². The first-order valence-corrected chi connectivity index (χ1v) is 17.8. The number of alkyl carbamates (subject to hydrolysis) is 1. The lowest BCUT2D eigenvalue weighted by Gasteiger charge is -2.31. The first-order valence-electron chi connectivity index (χ1n) is 17.8. The molecule has 0 heterocycles. The fourth-order valence-electron chi connectivity index (χ4n) is 4.54. The predicted molar refractivity (Wildman–Crippen MR) is 203 cm³/mol. The molecule has 1 unspecified atom stereocenters. The van der Waals surface area contributed by atoms with Gasteiger partial charge in [0.2, 0.25) is 0 Å². The van der Waals surface area contributed by atoms with Gasteiger partial charge < -0.3 is 28.4 Å². The van der Waals surface area contributed by atoms with Gasteiger partial charge >= 0.3 is 30.1 Å². The van der Waals surface area contributed by atoms with Gasteiger partial charge in [-0.3, -0.25) is 19.8 Å². The Morgan fingerprint density at radius 3 is 1.87 bits per heavy atom. The zero-order valence-electron chi connectivity index (χ0n) is 33.7. The summed E-state index contributed by atoms with van der Waals surface area (Å²) in [6, 6.07) is 11.2. The molecule has 55 heavy (non-hydrogen) atoms. The van der Waals surface area contributed by atoms with Crippen molar-refractivity contribution in [3.63, 3.8) is 0 Å². The largest absolute Gasteiger partial charge is 0.460 e. The van der Waals surface area contributed by atoms with Crippen LogP contribution < -0.4 is 10.1 Å². The summed E-state index contributed by atoms with van der Waals surface area (Å²) >= 11 is 0. The van der Waals surface area contributed by atoms with Crippen molar-refractivity contribution in [3.05, 3.63) is 59.7 Å². The predicted octanol–water partition coefficient (Wildman–Crippen LogP) is 6.86. The van der Waals surface area contributed by atoms with Crippen LogP contribution in [0.25, 0.3) is 0 Å². The van der Waals surface area contributed by atoms with Crippen LogP contribution in [-0.2, 0) is 44.7 Å². The van der Waals surface area contributed by atoms with Crippen LogP contribution in [0.4, 0.5) is 15.3 Å². The number of ether oxygens (including phenoxy) is 6. The third-order valence-electron chi connectivity index (χ3n) is 6.70. The van der Waals surface area contributed by atoms with Gasteiger partial charge in [-0.25, -0.2) is 24.2 Å². The lowest BCUT2D eigenvalue weighted by Crippen LogP contribution is -2.49. The number of amidine groups is 1. The third-order valence-corrected chi connectivity index (χ3v) is 6.70. The van der Waals surface area contributed by atoms with E-state index in [2.05, 4.69) is 10.3 Å². The molecule has 0 bridgehead atoms. The molecule has 0 aliphatic carbocycles. The molecule has 0 saturated carbocycles. The van der Waals surface area contributed by atoms with Gasteiger partial charge in [-0.1, -0.05) is 12.1 Å². The van der Waals surface area contributed by atoms with Crippen molar-refractivity contribution < 1.29 is 57.2 Å². The van der Waals surface area contributed by atoms with Crippen molar-refractivity contribution >= 4 is 47.4 Å². The summed E-state index contributed by atoms with van der Waals surface area (Å²) in [6.07, 6.45) is -1.87. The third kappa shape index (κ3) is 19.0. The van der Waals surface area contributed by atoms with Gasteiger partial charge in [-0.15, -0.1) is 0 Å². The van der Waals surface area contributed by atoms with Crippen LogP contribution in [0.3, 0.4) is 0 Å². The van der Waals surface area contributed by atoms with Crippen LogP contribution >= 0.6 is 0 Å². The van der Waals surface area contributed by atoms with E-state index in [0.717, 1.165) is 4.90 Å². The highest BCUT2D eigenvalue weighted by atomic mass is 16.6. The maximum Gasteiger partial charge on any atom is 0.413 e. The number of esters is 3. The molecule has 1 N–H and O–H groups in total. The number of Topliss-reactive ketones (excluding diaryl/α,β-unsaturated/α-hetero) is 1. The van der Waals surface area contributed by atoms with E-state index in [1.165, 1.54) is 31.2 Å². The topological polar surface area (TPSA) is 185 Å². The van der Waals surface area contributed by atoms with Gasteiger partial charge in [0.15, 0.2) is 0 Å². The molecule has 15 heteroatoms. The van der Waals surface area contributed by atoms with Crippen molar-refractivity contribution in [2.24, 2.45) is 4.99 Å². The van der Waals surface area contributed by atoms with Crippen LogP contribution in [0.5, 0.6) is 5.75 Å². The highest BCUT2D eigenvalue weighted by Crippen LogP contribution is 2.20. The Bertz CT molecular complexity index is 1670. The summed E-state index contributed by atoms with van der Waals surface area (Å²) in [5.74, 6) is -1.67. The van der Waals surface area contributed by atoms with Gasteiger partial charge in [-0.05, 0) is 118 Å². The maximum absolute atomic E-state index is 13.4. The molecule has 2 aromatic rings. The van der Waals surface area contributed by atoms with Crippen LogP contribution in [0.1, 0.15) is 105 Å². The summed E-state index contributed by atoms with van der Waals surface area (Å²) < 4.78 is 32.6. The Hall–Kier alpha value is -5.31. The maximum atomic E-state index is 13.4. The average molecular weight is 770 g/mol. The van der Waals surface area contributed by atoms with E-state index in [4.69, 9.17) is 28.4 Å². The molecule has 302 valence electrons. The van der Waals surface area contributed by atoms with Gasteiger partial charge in [0, 0.05) is 13.0 Å². The minimum atomic E-state index is -1.29. The standard InChI is InChI=1S/C40H55N3O12/c1-26(44)24-32(35(47)54-39(6,7)8)43(21-23-50-22-20-33(45)53-38(3,4)5)37(49)51-25-28-12-18-31(19-13-28)52-34(46)29-14-16-30(17-15-29)41-27(2)42-36(48)55-40(9,10)11/h12-19,32H,20-25H2,1-11H3,(H,41,42,48). The lowest BCUT2D eigenvalue weighted by atomic mass is 10.1. The molecule has 2 rings (SSSR count). The zero-order chi connectivity index (χ0) is 41.6. The summed E-state index contributed by atoms with van der Waals surface area (Å²) in [5, 5.41) is 2.54. The molecule has 2 amide bonds. The molecular formula is C40H55N3O12. The molecule has 0 aromatic heterocycles. The quantitative estimate of drug-likeness (QED) is 0.0497. The van der Waals surface area contributed by atoms with Crippen LogP contribution in [0, 0.1) is 0 Å². The van der Waals surface area contributed by atoms with Crippen LogP contribution in [0.2, 0.25) is 0 Å². The second kappa shape index (κ2) is 20.4. The summed E-state index contributed by atoms with van der Waals surface area (Å²) in [4.78, 5) is 81.0. The SMILES string of the molecule is CC(=O)CC(C(=O)OC(C)(C)C)N(CCOCCC(=O)OC(C)(C)C)C(=O)OCc1ccc(OC(=O)c2ccc(N=C(C)NC(=O)OC(C)(C)C)cc2)cc1. The van der Waals surface area contributed by atoms with Crippen molar-refractivity contribution in [1.29, 1.82) is 0 Å². The molecular weight excluding hydrogens is 714 g/mol. The average Bonchev–Trinajstić information content (AvgIpc) is 3.02. The lowest BCUT2D eigenvalue weighted by molar-refractivity contribution is -0.162. The van der Waals surface area contributed by atoms with Crippen molar-refractivity contribution in [1.82, 2.24) is 10.2 Å². The second-order valence-corrected chi connectivity index (χ2v) is 15.6. The normalized spacial score (nSPS) is 12.5. The number of nitrogens with one attached hydrogen (secondary N) is 1. The van der Waals surface area contributed by atoms with E-state index in [1.807, 2.05) is 0 Å².